The minimum absolute atomic E-state index is 0.0590. The summed E-state index contributed by atoms with van der Waals surface area (Å²) in [5, 5.41) is 24.6. The molecule has 1 aromatic carbocycles. The number of hydrogen-bond donors (Lipinski definition) is 5. The van der Waals surface area contributed by atoms with E-state index in [2.05, 4.69) is 61.8 Å². The van der Waals surface area contributed by atoms with Gasteiger partial charge in [0.15, 0.2) is 5.82 Å². The number of benzene rings is 1. The van der Waals surface area contributed by atoms with Gasteiger partial charge in [-0.2, -0.15) is 5.10 Å². The third-order valence-electron chi connectivity index (χ3n) is 7.05. The van der Waals surface area contributed by atoms with E-state index in [-0.39, 0.29) is 12.5 Å². The summed E-state index contributed by atoms with van der Waals surface area (Å²) in [6.45, 7) is 5.82. The number of carbonyl (C=O) groups excluding carboxylic acids is 1. The molecule has 0 spiro atoms. The van der Waals surface area contributed by atoms with Crippen molar-refractivity contribution in [3.8, 4) is 22.6 Å². The van der Waals surface area contributed by atoms with Crippen LogP contribution in [0.5, 0.6) is 0 Å². The number of H-pyrrole nitrogens is 2. The first-order valence-corrected chi connectivity index (χ1v) is 12.1. The highest BCUT2D eigenvalue weighted by atomic mass is 16.3. The van der Waals surface area contributed by atoms with Crippen LogP contribution in [-0.4, -0.2) is 54.9 Å². The van der Waals surface area contributed by atoms with E-state index >= 15 is 0 Å². The number of rotatable bonds is 8. The Hall–Kier alpha value is -3.56. The highest BCUT2D eigenvalue weighted by molar-refractivity contribution is 5.96. The lowest BCUT2D eigenvalue weighted by Gasteiger charge is -2.27. The molecule has 3 aromatic heterocycles. The number of hydrogen-bond acceptors (Lipinski definition) is 6. The van der Waals surface area contributed by atoms with Gasteiger partial charge in [-0.05, 0) is 55.1 Å². The molecule has 9 nitrogen and oxygen atoms in total. The highest BCUT2D eigenvalue weighted by Crippen LogP contribution is 2.32. The van der Waals surface area contributed by atoms with Crippen molar-refractivity contribution in [2.24, 2.45) is 0 Å². The van der Waals surface area contributed by atoms with Crippen LogP contribution in [0.25, 0.3) is 33.5 Å². The SMILES string of the molecule is CCNCc1cncc(-c2ccc3[nH]nc(-c4ncc(C(=O)NC5(CO)CCCC5)[nH]4)c3c2)c1C. The summed E-state index contributed by atoms with van der Waals surface area (Å²) >= 11 is 0. The van der Waals surface area contributed by atoms with Gasteiger partial charge in [-0.25, -0.2) is 4.98 Å². The number of nitrogens with one attached hydrogen (secondary N) is 4. The van der Waals surface area contributed by atoms with Gasteiger partial charge < -0.3 is 20.7 Å². The van der Waals surface area contributed by atoms with Crippen molar-refractivity contribution in [3.63, 3.8) is 0 Å². The normalized spacial score (nSPS) is 15.1. The number of aliphatic hydroxyl groups excluding tert-OH is 1. The molecule has 0 radical (unpaired) electrons. The second-order valence-corrected chi connectivity index (χ2v) is 9.33. The predicted octanol–water partition coefficient (Wildman–Crippen LogP) is 3.47. The van der Waals surface area contributed by atoms with Crippen LogP contribution in [0.2, 0.25) is 0 Å². The van der Waals surface area contributed by atoms with Gasteiger partial charge in [0, 0.05) is 29.9 Å². The lowest BCUT2D eigenvalue weighted by atomic mass is 9.98. The predicted molar refractivity (Wildman–Crippen MR) is 135 cm³/mol. The van der Waals surface area contributed by atoms with E-state index in [4.69, 9.17) is 0 Å². The first kappa shape index (κ1) is 23.2. The Morgan fingerprint density at radius 1 is 1.20 bits per heavy atom. The van der Waals surface area contributed by atoms with Crippen LogP contribution in [0.3, 0.4) is 0 Å². The highest BCUT2D eigenvalue weighted by Gasteiger charge is 2.35. The number of imidazole rings is 1. The number of aromatic nitrogens is 5. The standard InChI is InChI=1S/C26H31N7O2/c1-3-27-11-18-12-28-13-20(16(18)2)17-6-7-21-19(10-17)23(33-32-21)24-29-14-22(30-24)25(35)31-26(15-34)8-4-5-9-26/h6-7,10,12-14,27,34H,3-5,8-9,11,15H2,1-2H3,(H,29,30)(H,31,35)(H,32,33). The van der Waals surface area contributed by atoms with E-state index in [1.165, 1.54) is 17.3 Å². The summed E-state index contributed by atoms with van der Waals surface area (Å²) in [5.41, 5.74) is 5.80. The molecule has 182 valence electrons. The summed E-state index contributed by atoms with van der Waals surface area (Å²) in [4.78, 5) is 24.9. The van der Waals surface area contributed by atoms with E-state index in [1.807, 2.05) is 18.5 Å². The van der Waals surface area contributed by atoms with E-state index in [0.29, 0.717) is 17.2 Å². The van der Waals surface area contributed by atoms with Gasteiger partial charge in [0.25, 0.3) is 5.91 Å². The summed E-state index contributed by atoms with van der Waals surface area (Å²) in [6.07, 6.45) is 8.90. The van der Waals surface area contributed by atoms with E-state index in [1.54, 1.807) is 0 Å². The Morgan fingerprint density at radius 3 is 2.80 bits per heavy atom. The van der Waals surface area contributed by atoms with Crippen molar-refractivity contribution in [2.75, 3.05) is 13.2 Å². The fourth-order valence-corrected chi connectivity index (χ4v) is 4.90. The van der Waals surface area contributed by atoms with E-state index < -0.39 is 5.54 Å². The van der Waals surface area contributed by atoms with Crippen LogP contribution in [0.15, 0.2) is 36.8 Å². The molecule has 5 N–H and O–H groups in total. The van der Waals surface area contributed by atoms with Gasteiger partial charge in [0.1, 0.15) is 11.4 Å². The molecule has 0 bridgehead atoms. The zero-order valence-corrected chi connectivity index (χ0v) is 20.1. The zero-order valence-electron chi connectivity index (χ0n) is 20.1. The number of aliphatic hydroxyl groups is 1. The van der Waals surface area contributed by atoms with Gasteiger partial charge >= 0.3 is 0 Å². The fourth-order valence-electron chi connectivity index (χ4n) is 4.90. The number of carbonyl (C=O) groups is 1. The lowest BCUT2D eigenvalue weighted by Crippen LogP contribution is -2.49. The maximum Gasteiger partial charge on any atom is 0.269 e. The molecule has 0 atom stereocenters. The molecule has 4 aromatic rings. The Balaban J connectivity index is 1.45. The van der Waals surface area contributed by atoms with Crippen LogP contribution in [-0.2, 0) is 6.54 Å². The molecule has 1 amide bonds. The molecule has 35 heavy (non-hydrogen) atoms. The third-order valence-corrected chi connectivity index (χ3v) is 7.05. The number of aromatic amines is 2. The quantitative estimate of drug-likeness (QED) is 0.266. The van der Waals surface area contributed by atoms with Crippen molar-refractivity contribution < 1.29 is 9.90 Å². The fraction of sp³-hybridized carbons (Fsp3) is 0.385. The number of nitrogens with zero attached hydrogens (tertiary/aromatic N) is 3. The van der Waals surface area contributed by atoms with Crippen molar-refractivity contribution in [1.29, 1.82) is 0 Å². The topological polar surface area (TPSA) is 132 Å². The molecule has 0 saturated heterocycles. The molecule has 1 fully saturated rings. The van der Waals surface area contributed by atoms with Crippen molar-refractivity contribution in [3.05, 3.63) is 53.6 Å². The van der Waals surface area contributed by atoms with E-state index in [0.717, 1.165) is 60.8 Å². The molecule has 1 aliphatic rings. The lowest BCUT2D eigenvalue weighted by molar-refractivity contribution is 0.0834. The maximum atomic E-state index is 12.9. The van der Waals surface area contributed by atoms with Gasteiger partial charge in [-0.1, -0.05) is 25.8 Å². The second kappa shape index (κ2) is 9.59. The Kier molecular flexibility index (Phi) is 6.36. The Morgan fingerprint density at radius 2 is 2.03 bits per heavy atom. The first-order chi connectivity index (χ1) is 17.0. The van der Waals surface area contributed by atoms with Crippen molar-refractivity contribution >= 4 is 16.8 Å². The molecule has 0 unspecified atom stereocenters. The van der Waals surface area contributed by atoms with Crippen LogP contribution in [0, 0.1) is 6.92 Å². The minimum Gasteiger partial charge on any atom is -0.394 e. The second-order valence-electron chi connectivity index (χ2n) is 9.33. The van der Waals surface area contributed by atoms with Crippen LogP contribution < -0.4 is 10.6 Å². The van der Waals surface area contributed by atoms with Crippen molar-refractivity contribution in [2.45, 2.75) is 51.6 Å². The first-order valence-electron chi connectivity index (χ1n) is 12.1. The largest absolute Gasteiger partial charge is 0.394 e. The molecule has 5 rings (SSSR count). The van der Waals surface area contributed by atoms with Crippen LogP contribution in [0.4, 0.5) is 0 Å². The summed E-state index contributed by atoms with van der Waals surface area (Å²) in [6, 6.07) is 6.14. The molecule has 0 aliphatic heterocycles. The summed E-state index contributed by atoms with van der Waals surface area (Å²) in [5.74, 6) is 0.248. The molecular formula is C26H31N7O2. The molecule has 3 heterocycles. The van der Waals surface area contributed by atoms with E-state index in [9.17, 15) is 9.90 Å². The maximum absolute atomic E-state index is 12.9. The smallest absolute Gasteiger partial charge is 0.269 e. The Labute approximate surface area is 203 Å². The van der Waals surface area contributed by atoms with Crippen LogP contribution >= 0.6 is 0 Å². The van der Waals surface area contributed by atoms with Crippen molar-refractivity contribution in [1.82, 2.24) is 35.8 Å². The summed E-state index contributed by atoms with van der Waals surface area (Å²) in [7, 11) is 0. The summed E-state index contributed by atoms with van der Waals surface area (Å²) < 4.78 is 0. The third kappa shape index (κ3) is 4.44. The van der Waals surface area contributed by atoms with Gasteiger partial charge in [-0.3, -0.25) is 14.9 Å². The number of amides is 1. The average Bonchev–Trinajstić information content (AvgIpc) is 3.63. The molecular weight excluding hydrogens is 442 g/mol. The number of fused-ring (bicyclic) bond motifs is 1. The zero-order chi connectivity index (χ0) is 24.4. The monoisotopic (exact) mass is 473 g/mol. The molecule has 9 heteroatoms. The van der Waals surface area contributed by atoms with Gasteiger partial charge in [-0.15, -0.1) is 0 Å². The minimum atomic E-state index is -0.538. The number of pyridine rings is 1. The molecule has 1 saturated carbocycles. The molecule has 1 aliphatic carbocycles. The van der Waals surface area contributed by atoms with Gasteiger partial charge in [0.2, 0.25) is 0 Å². The van der Waals surface area contributed by atoms with Gasteiger partial charge in [0.05, 0.1) is 23.9 Å². The van der Waals surface area contributed by atoms with Crippen LogP contribution in [0.1, 0.15) is 54.2 Å². The Bertz CT molecular complexity index is 1350. The average molecular weight is 474 g/mol.